The van der Waals surface area contributed by atoms with Crippen LogP contribution in [-0.4, -0.2) is 45.0 Å². The number of carbonyl (C=O) groups excluding carboxylic acids is 1. The van der Waals surface area contributed by atoms with E-state index < -0.39 is 5.97 Å². The fourth-order valence-corrected chi connectivity index (χ4v) is 3.47. The predicted octanol–water partition coefficient (Wildman–Crippen LogP) is 2.13. The van der Waals surface area contributed by atoms with Gasteiger partial charge >= 0.3 is 5.97 Å². The highest BCUT2D eigenvalue weighted by Crippen LogP contribution is 2.45. The molecule has 7 heteroatoms. The zero-order valence-corrected chi connectivity index (χ0v) is 13.7. The van der Waals surface area contributed by atoms with Crippen molar-refractivity contribution in [1.82, 2.24) is 0 Å². The Morgan fingerprint density at radius 2 is 2.24 bits per heavy atom. The zero-order chi connectivity index (χ0) is 15.6. The average molecular weight is 314 g/mol. The van der Waals surface area contributed by atoms with E-state index >= 15 is 0 Å². The van der Waals surface area contributed by atoms with Gasteiger partial charge in [-0.2, -0.15) is 0 Å². The first-order chi connectivity index (χ1) is 9.89. The van der Waals surface area contributed by atoms with Crippen molar-refractivity contribution >= 4 is 28.0 Å². The lowest BCUT2D eigenvalue weighted by Gasteiger charge is -2.38. The molecule has 0 atom stereocenters. The molecule has 6 nitrogen and oxygen atoms in total. The standard InChI is InChI=1S/C14H22N2O4S/c1-5-19-13(17)11-9(15)10(18-4)12(21-11)16-6-7-20-14(2,3)8-16/h5-8,15H2,1-4H3. The van der Waals surface area contributed by atoms with Crippen LogP contribution in [-0.2, 0) is 9.47 Å². The topological polar surface area (TPSA) is 74.0 Å². The maximum absolute atomic E-state index is 12.0. The third-order valence-electron chi connectivity index (χ3n) is 3.26. The number of morpholine rings is 1. The number of methoxy groups -OCH3 is 1. The minimum atomic E-state index is -0.405. The second kappa shape index (κ2) is 6.11. The first-order valence-corrected chi connectivity index (χ1v) is 7.73. The Bertz CT molecular complexity index is 527. The van der Waals surface area contributed by atoms with E-state index in [1.807, 2.05) is 13.8 Å². The van der Waals surface area contributed by atoms with Gasteiger partial charge in [-0.1, -0.05) is 0 Å². The average Bonchev–Trinajstić information content (AvgIpc) is 2.75. The number of nitrogens with zero attached hydrogens (tertiary/aromatic N) is 1. The van der Waals surface area contributed by atoms with Gasteiger partial charge in [0.2, 0.25) is 0 Å². The molecule has 1 saturated heterocycles. The van der Waals surface area contributed by atoms with Gasteiger partial charge in [0.25, 0.3) is 0 Å². The van der Waals surface area contributed by atoms with Crippen molar-refractivity contribution in [2.75, 3.05) is 44.0 Å². The summed E-state index contributed by atoms with van der Waals surface area (Å²) in [6, 6.07) is 0. The number of esters is 1. The van der Waals surface area contributed by atoms with Crippen LogP contribution in [0.15, 0.2) is 0 Å². The maximum Gasteiger partial charge on any atom is 0.350 e. The number of nitrogens with two attached hydrogens (primary N) is 1. The Morgan fingerprint density at radius 3 is 2.81 bits per heavy atom. The molecule has 0 saturated carbocycles. The quantitative estimate of drug-likeness (QED) is 0.858. The zero-order valence-electron chi connectivity index (χ0n) is 12.9. The van der Waals surface area contributed by atoms with Crippen LogP contribution in [0.5, 0.6) is 5.75 Å². The predicted molar refractivity (Wildman–Crippen MR) is 83.5 cm³/mol. The lowest BCUT2D eigenvalue weighted by molar-refractivity contribution is -0.0275. The number of hydrogen-bond acceptors (Lipinski definition) is 7. The van der Waals surface area contributed by atoms with E-state index in [0.717, 1.165) is 11.5 Å². The molecule has 0 spiro atoms. The van der Waals surface area contributed by atoms with Crippen molar-refractivity contribution in [2.24, 2.45) is 0 Å². The fraction of sp³-hybridized carbons (Fsp3) is 0.643. The van der Waals surface area contributed by atoms with Gasteiger partial charge in [0.05, 0.1) is 25.9 Å². The molecule has 0 aromatic carbocycles. The van der Waals surface area contributed by atoms with Crippen LogP contribution in [0.1, 0.15) is 30.4 Å². The summed E-state index contributed by atoms with van der Waals surface area (Å²) >= 11 is 1.31. The second-order valence-electron chi connectivity index (χ2n) is 5.43. The summed E-state index contributed by atoms with van der Waals surface area (Å²) in [7, 11) is 1.56. The van der Waals surface area contributed by atoms with Crippen molar-refractivity contribution in [2.45, 2.75) is 26.4 Å². The van der Waals surface area contributed by atoms with Gasteiger partial charge in [0.15, 0.2) is 5.75 Å². The number of rotatable bonds is 4. The monoisotopic (exact) mass is 314 g/mol. The van der Waals surface area contributed by atoms with Crippen molar-refractivity contribution < 1.29 is 19.0 Å². The Morgan fingerprint density at radius 1 is 1.52 bits per heavy atom. The first-order valence-electron chi connectivity index (χ1n) is 6.92. The Hall–Kier alpha value is -1.47. The van der Waals surface area contributed by atoms with E-state index in [0.29, 0.717) is 36.1 Å². The third kappa shape index (κ3) is 3.24. The van der Waals surface area contributed by atoms with Crippen LogP contribution in [0, 0.1) is 0 Å². The first kappa shape index (κ1) is 15.9. The summed E-state index contributed by atoms with van der Waals surface area (Å²) in [6.07, 6.45) is 0. The molecule has 0 amide bonds. The fourth-order valence-electron chi connectivity index (χ4n) is 2.36. The van der Waals surface area contributed by atoms with Crippen LogP contribution in [0.3, 0.4) is 0 Å². The smallest absolute Gasteiger partial charge is 0.350 e. The minimum Gasteiger partial charge on any atom is -0.492 e. The molecular weight excluding hydrogens is 292 g/mol. The summed E-state index contributed by atoms with van der Waals surface area (Å²) in [5.74, 6) is 0.137. The van der Waals surface area contributed by atoms with Gasteiger partial charge in [-0.3, -0.25) is 0 Å². The minimum absolute atomic E-state index is 0.244. The lowest BCUT2D eigenvalue weighted by atomic mass is 10.1. The highest BCUT2D eigenvalue weighted by Gasteiger charge is 2.32. The van der Waals surface area contributed by atoms with E-state index in [1.54, 1.807) is 14.0 Å². The maximum atomic E-state index is 12.0. The molecule has 0 aliphatic carbocycles. The van der Waals surface area contributed by atoms with Crippen LogP contribution >= 0.6 is 11.3 Å². The summed E-state index contributed by atoms with van der Waals surface area (Å²) in [6.45, 7) is 8.24. The SMILES string of the molecule is CCOC(=O)c1sc(N2CCOC(C)(C)C2)c(OC)c1N. The summed E-state index contributed by atoms with van der Waals surface area (Å²) in [5.41, 5.74) is 6.15. The normalized spacial score (nSPS) is 17.6. The molecule has 2 heterocycles. The number of carbonyl (C=O) groups is 1. The number of anilines is 2. The number of hydrogen-bond donors (Lipinski definition) is 1. The highest BCUT2D eigenvalue weighted by molar-refractivity contribution is 7.19. The molecule has 1 aliphatic rings. The van der Waals surface area contributed by atoms with E-state index in [4.69, 9.17) is 19.9 Å². The van der Waals surface area contributed by atoms with Crippen LogP contribution in [0.25, 0.3) is 0 Å². The Balaban J connectivity index is 2.35. The second-order valence-corrected chi connectivity index (χ2v) is 6.43. The molecule has 0 radical (unpaired) electrons. The molecule has 0 unspecified atom stereocenters. The molecule has 1 aliphatic heterocycles. The largest absolute Gasteiger partial charge is 0.492 e. The summed E-state index contributed by atoms with van der Waals surface area (Å²) < 4.78 is 16.2. The number of ether oxygens (including phenoxy) is 3. The molecular formula is C14H22N2O4S. The van der Waals surface area contributed by atoms with Gasteiger partial charge in [-0.15, -0.1) is 11.3 Å². The Kier molecular flexibility index (Phi) is 4.63. The van der Waals surface area contributed by atoms with Crippen LogP contribution in [0.4, 0.5) is 10.7 Å². The number of nitrogen functional groups attached to an aromatic ring is 1. The van der Waals surface area contributed by atoms with Gasteiger partial charge in [-0.25, -0.2) is 4.79 Å². The van der Waals surface area contributed by atoms with Crippen LogP contribution < -0.4 is 15.4 Å². The van der Waals surface area contributed by atoms with Gasteiger partial charge in [0.1, 0.15) is 15.6 Å². The molecule has 0 bridgehead atoms. The van der Waals surface area contributed by atoms with Crippen molar-refractivity contribution in [1.29, 1.82) is 0 Å². The van der Waals surface area contributed by atoms with Gasteiger partial charge in [-0.05, 0) is 20.8 Å². The van der Waals surface area contributed by atoms with Gasteiger partial charge in [0, 0.05) is 13.1 Å². The molecule has 21 heavy (non-hydrogen) atoms. The van der Waals surface area contributed by atoms with E-state index in [-0.39, 0.29) is 5.60 Å². The third-order valence-corrected chi connectivity index (χ3v) is 4.49. The van der Waals surface area contributed by atoms with E-state index in [1.165, 1.54) is 11.3 Å². The lowest BCUT2D eigenvalue weighted by Crippen LogP contribution is -2.48. The van der Waals surface area contributed by atoms with Gasteiger partial charge < -0.3 is 24.8 Å². The molecule has 118 valence electrons. The van der Waals surface area contributed by atoms with Crippen molar-refractivity contribution in [3.05, 3.63) is 4.88 Å². The molecule has 2 N–H and O–H groups in total. The molecule has 1 aromatic rings. The van der Waals surface area contributed by atoms with E-state index in [2.05, 4.69) is 4.90 Å². The summed E-state index contributed by atoms with van der Waals surface area (Å²) in [4.78, 5) is 14.5. The van der Waals surface area contributed by atoms with E-state index in [9.17, 15) is 4.79 Å². The number of thiophene rings is 1. The van der Waals surface area contributed by atoms with Crippen LogP contribution in [0.2, 0.25) is 0 Å². The van der Waals surface area contributed by atoms with Crippen molar-refractivity contribution in [3.63, 3.8) is 0 Å². The Labute approximate surface area is 128 Å². The summed E-state index contributed by atoms with van der Waals surface area (Å²) in [5, 5.41) is 0.856. The molecule has 2 rings (SSSR count). The van der Waals surface area contributed by atoms with Crippen molar-refractivity contribution in [3.8, 4) is 5.75 Å². The molecule has 1 aromatic heterocycles. The highest BCUT2D eigenvalue weighted by atomic mass is 32.1. The molecule has 1 fully saturated rings.